The van der Waals surface area contributed by atoms with E-state index >= 15 is 0 Å². The van der Waals surface area contributed by atoms with Crippen LogP contribution in [0.4, 0.5) is 11.4 Å². The molecule has 0 saturated heterocycles. The minimum atomic E-state index is 0.178. The highest BCUT2D eigenvalue weighted by Crippen LogP contribution is 2.25. The zero-order chi connectivity index (χ0) is 18.5. The lowest BCUT2D eigenvalue weighted by molar-refractivity contribution is 0.548. The molecule has 0 atom stereocenters. The fraction of sp³-hybridized carbons (Fsp3) is 0.222. The zero-order valence-corrected chi connectivity index (χ0v) is 14.8. The molecule has 0 aliphatic heterocycles. The predicted molar refractivity (Wildman–Crippen MR) is 101 cm³/mol. The third kappa shape index (κ3) is 3.90. The van der Waals surface area contributed by atoms with Crippen molar-refractivity contribution in [3.63, 3.8) is 0 Å². The number of nitrogens with one attached hydrogen (secondary N) is 1. The van der Waals surface area contributed by atoms with Gasteiger partial charge in [0, 0.05) is 21.8 Å². The molecule has 5 N–H and O–H groups in total. The summed E-state index contributed by atoms with van der Waals surface area (Å²) in [5.74, 6) is 0.368. The highest BCUT2D eigenvalue weighted by atomic mass is 32.1. The second-order valence-electron chi connectivity index (χ2n) is 5.80. The van der Waals surface area contributed by atoms with Gasteiger partial charge >= 0.3 is 0 Å². The van der Waals surface area contributed by atoms with Crippen LogP contribution in [0, 0.1) is 16.7 Å². The maximum atomic E-state index is 8.58. The first-order chi connectivity index (χ1) is 12.6. The number of hydrogen-bond acceptors (Lipinski definition) is 8. The number of thiazole rings is 1. The van der Waals surface area contributed by atoms with Gasteiger partial charge < -0.3 is 15.9 Å². The molecule has 0 amide bonds. The summed E-state index contributed by atoms with van der Waals surface area (Å²) in [6, 6.07) is 7.08. The fourth-order valence-electron chi connectivity index (χ4n) is 2.66. The van der Waals surface area contributed by atoms with Crippen LogP contribution in [0.2, 0.25) is 0 Å². The molecule has 0 bridgehead atoms. The van der Waals surface area contributed by atoms with Gasteiger partial charge in [0.1, 0.15) is 11.8 Å². The van der Waals surface area contributed by atoms with E-state index in [1.807, 2.05) is 0 Å². The van der Waals surface area contributed by atoms with Gasteiger partial charge in [-0.3, -0.25) is 5.41 Å². The number of anilines is 2. The standard InChI is InChI=1S/C10H10N4O.C8H8N2S/c11-6-1-2-8(12)7(3-6)10(13)9-4-14-5-15-9;9-5-8-10-6-3-1-2-4-7(6)11-8/h1-5,13H,11-12H2;1-4H2. The molecule has 0 fully saturated rings. The second-order valence-corrected chi connectivity index (χ2v) is 6.88. The van der Waals surface area contributed by atoms with Gasteiger partial charge in [0.2, 0.25) is 0 Å². The molecule has 0 radical (unpaired) electrons. The van der Waals surface area contributed by atoms with Gasteiger partial charge in [-0.05, 0) is 43.9 Å². The van der Waals surface area contributed by atoms with Gasteiger partial charge in [0.15, 0.2) is 17.2 Å². The number of aromatic nitrogens is 2. The van der Waals surface area contributed by atoms with E-state index in [-0.39, 0.29) is 5.71 Å². The molecule has 2 aromatic heterocycles. The maximum Gasteiger partial charge on any atom is 0.194 e. The average molecular weight is 366 g/mol. The number of fused-ring (bicyclic) bond motifs is 1. The van der Waals surface area contributed by atoms with E-state index in [1.165, 1.54) is 36.0 Å². The fourth-order valence-corrected chi connectivity index (χ4v) is 3.61. The van der Waals surface area contributed by atoms with Crippen molar-refractivity contribution < 1.29 is 4.42 Å². The molecule has 1 aliphatic carbocycles. The van der Waals surface area contributed by atoms with Crippen molar-refractivity contribution in [2.45, 2.75) is 25.7 Å². The Morgan fingerprint density at radius 3 is 2.77 bits per heavy atom. The summed E-state index contributed by atoms with van der Waals surface area (Å²) in [5.41, 5.74) is 14.3. The van der Waals surface area contributed by atoms with Crippen molar-refractivity contribution in [1.29, 1.82) is 10.7 Å². The monoisotopic (exact) mass is 366 g/mol. The van der Waals surface area contributed by atoms with E-state index in [0.29, 0.717) is 27.7 Å². The highest BCUT2D eigenvalue weighted by Gasteiger charge is 2.14. The van der Waals surface area contributed by atoms with Crippen molar-refractivity contribution in [2.75, 3.05) is 11.5 Å². The van der Waals surface area contributed by atoms with Crippen LogP contribution < -0.4 is 11.5 Å². The topological polar surface area (TPSA) is 139 Å². The number of rotatable bonds is 2. The van der Waals surface area contributed by atoms with E-state index in [9.17, 15) is 0 Å². The van der Waals surface area contributed by atoms with E-state index < -0.39 is 0 Å². The van der Waals surface area contributed by atoms with E-state index in [2.05, 4.69) is 16.0 Å². The van der Waals surface area contributed by atoms with Crippen LogP contribution in [-0.2, 0) is 12.8 Å². The average Bonchev–Trinajstić information content (AvgIpc) is 3.33. The van der Waals surface area contributed by atoms with Crippen LogP contribution in [0.25, 0.3) is 0 Å². The van der Waals surface area contributed by atoms with Gasteiger partial charge in [-0.15, -0.1) is 11.3 Å². The molecule has 3 aromatic rings. The normalized spacial score (nSPS) is 12.4. The molecule has 0 unspecified atom stereocenters. The Morgan fingerprint density at radius 2 is 2.08 bits per heavy atom. The molecular formula is C18H18N6OS. The van der Waals surface area contributed by atoms with Crippen molar-refractivity contribution in [2.24, 2.45) is 0 Å². The molecule has 7 nitrogen and oxygen atoms in total. The van der Waals surface area contributed by atoms with Crippen molar-refractivity contribution in [3.05, 3.63) is 57.7 Å². The molecule has 0 saturated carbocycles. The molecular weight excluding hydrogens is 348 g/mol. The second kappa shape index (κ2) is 7.80. The van der Waals surface area contributed by atoms with Crippen LogP contribution in [-0.4, -0.2) is 15.7 Å². The molecule has 8 heteroatoms. The number of nitrogens with zero attached hydrogens (tertiary/aromatic N) is 3. The van der Waals surface area contributed by atoms with Crippen LogP contribution in [0.15, 0.2) is 35.2 Å². The number of nitrogen functional groups attached to an aromatic ring is 2. The Morgan fingerprint density at radius 1 is 1.27 bits per heavy atom. The lowest BCUT2D eigenvalue weighted by Crippen LogP contribution is -2.05. The molecule has 1 aromatic carbocycles. The number of nitriles is 1. The molecule has 2 heterocycles. The van der Waals surface area contributed by atoms with E-state index in [1.54, 1.807) is 29.5 Å². The van der Waals surface area contributed by atoms with Crippen molar-refractivity contribution >= 4 is 28.4 Å². The lowest BCUT2D eigenvalue weighted by Gasteiger charge is -2.06. The summed E-state index contributed by atoms with van der Waals surface area (Å²) in [7, 11) is 0. The predicted octanol–water partition coefficient (Wildman–Crippen LogP) is 3.15. The number of hydrogen-bond donors (Lipinski definition) is 3. The summed E-state index contributed by atoms with van der Waals surface area (Å²) in [5, 5.41) is 17.1. The highest BCUT2D eigenvalue weighted by molar-refractivity contribution is 7.12. The Hall–Kier alpha value is -3.18. The van der Waals surface area contributed by atoms with Gasteiger partial charge in [-0.1, -0.05) is 0 Å². The minimum absolute atomic E-state index is 0.178. The van der Waals surface area contributed by atoms with Crippen molar-refractivity contribution in [3.8, 4) is 6.07 Å². The number of benzene rings is 1. The van der Waals surface area contributed by atoms with E-state index in [4.69, 9.17) is 26.6 Å². The molecule has 1 aliphatic rings. The van der Waals surface area contributed by atoms with E-state index in [0.717, 1.165) is 12.8 Å². The summed E-state index contributed by atoms with van der Waals surface area (Å²) < 4.78 is 5.01. The Bertz CT molecular complexity index is 931. The van der Waals surface area contributed by atoms with Gasteiger partial charge in [0.25, 0.3) is 0 Å². The molecule has 132 valence electrons. The molecule has 0 spiro atoms. The Kier molecular flexibility index (Phi) is 5.29. The number of nitrogens with two attached hydrogens (primary N) is 2. The van der Waals surface area contributed by atoms with Crippen LogP contribution in [0.1, 0.15) is 39.7 Å². The lowest BCUT2D eigenvalue weighted by atomic mass is 10.0. The van der Waals surface area contributed by atoms with Crippen molar-refractivity contribution in [1.82, 2.24) is 9.97 Å². The van der Waals surface area contributed by atoms with Crippen LogP contribution in [0.3, 0.4) is 0 Å². The third-order valence-electron chi connectivity index (χ3n) is 3.97. The quantitative estimate of drug-likeness (QED) is 0.470. The first-order valence-corrected chi connectivity index (χ1v) is 8.91. The Balaban J connectivity index is 0.000000158. The summed E-state index contributed by atoms with van der Waals surface area (Å²) in [4.78, 5) is 9.31. The number of aryl methyl sites for hydroxylation is 2. The summed E-state index contributed by atoms with van der Waals surface area (Å²) in [6.45, 7) is 0. The smallest absolute Gasteiger partial charge is 0.194 e. The third-order valence-corrected chi connectivity index (χ3v) is 5.03. The summed E-state index contributed by atoms with van der Waals surface area (Å²) >= 11 is 1.56. The van der Waals surface area contributed by atoms with Crippen LogP contribution >= 0.6 is 11.3 Å². The first kappa shape index (κ1) is 17.6. The molecule has 4 rings (SSSR count). The number of oxazole rings is 1. The first-order valence-electron chi connectivity index (χ1n) is 8.10. The summed E-state index contributed by atoms with van der Waals surface area (Å²) in [6.07, 6.45) is 7.45. The SMILES string of the molecule is N#Cc1nc2c(s1)CCCC2.N=C(c1cnco1)c1cc(N)ccc1N. The van der Waals surface area contributed by atoms with Gasteiger partial charge in [-0.25, -0.2) is 9.97 Å². The van der Waals surface area contributed by atoms with Gasteiger partial charge in [0.05, 0.1) is 11.9 Å². The zero-order valence-electron chi connectivity index (χ0n) is 14.0. The minimum Gasteiger partial charge on any atom is -0.442 e. The Labute approximate surface area is 154 Å². The largest absolute Gasteiger partial charge is 0.442 e. The maximum absolute atomic E-state index is 8.58. The van der Waals surface area contributed by atoms with Gasteiger partial charge in [-0.2, -0.15) is 5.26 Å². The van der Waals surface area contributed by atoms with Crippen LogP contribution in [0.5, 0.6) is 0 Å². The molecule has 26 heavy (non-hydrogen) atoms.